The predicted octanol–water partition coefficient (Wildman–Crippen LogP) is 3.59. The molecule has 1 aromatic heterocycles. The van der Waals surface area contributed by atoms with Crippen molar-refractivity contribution in [3.63, 3.8) is 0 Å². The lowest BCUT2D eigenvalue weighted by molar-refractivity contribution is -0.384. The SMILES string of the molecule is CSC1N=Cn2ncc(C(C)C)c2N1c1cccc([N+](=O)[O-])c1. The second kappa shape index (κ2) is 6.04. The summed E-state index contributed by atoms with van der Waals surface area (Å²) in [6.45, 7) is 4.20. The normalized spacial score (nSPS) is 16.7. The van der Waals surface area contributed by atoms with Gasteiger partial charge < -0.3 is 0 Å². The molecule has 0 N–H and O–H groups in total. The maximum atomic E-state index is 11.1. The van der Waals surface area contributed by atoms with Crippen LogP contribution in [-0.2, 0) is 0 Å². The van der Waals surface area contributed by atoms with Crippen LogP contribution in [0.1, 0.15) is 25.3 Å². The summed E-state index contributed by atoms with van der Waals surface area (Å²) in [6.07, 6.45) is 5.50. The summed E-state index contributed by atoms with van der Waals surface area (Å²) < 4.78 is 1.72. The number of hydrogen-bond acceptors (Lipinski definition) is 6. The monoisotopic (exact) mass is 331 g/mol. The van der Waals surface area contributed by atoms with Gasteiger partial charge in [-0.2, -0.15) is 5.10 Å². The second-order valence-corrected chi connectivity index (χ2v) is 6.39. The Morgan fingerprint density at radius 2 is 2.17 bits per heavy atom. The standard InChI is InChI=1S/C15H17N5O2S/c1-10(2)13-8-17-18-9-16-15(23-3)19(14(13)18)11-5-4-6-12(7-11)20(21)22/h4-10,15H,1-3H3. The molecule has 1 aliphatic heterocycles. The number of fused-ring (bicyclic) bond motifs is 1. The molecule has 120 valence electrons. The van der Waals surface area contributed by atoms with Crippen molar-refractivity contribution in [1.29, 1.82) is 0 Å². The molecule has 7 nitrogen and oxygen atoms in total. The first kappa shape index (κ1) is 15.5. The number of hydrogen-bond donors (Lipinski definition) is 0. The van der Waals surface area contributed by atoms with E-state index in [1.54, 1.807) is 34.9 Å². The first-order chi connectivity index (χ1) is 11.0. The Kier molecular flexibility index (Phi) is 4.08. The van der Waals surface area contributed by atoms with Gasteiger partial charge in [0, 0.05) is 17.7 Å². The van der Waals surface area contributed by atoms with Crippen molar-refractivity contribution in [1.82, 2.24) is 9.78 Å². The number of nitro benzene ring substituents is 1. The third-order valence-corrected chi connectivity index (χ3v) is 4.45. The van der Waals surface area contributed by atoms with Crippen LogP contribution in [0.2, 0.25) is 0 Å². The molecule has 0 spiro atoms. The van der Waals surface area contributed by atoms with Crippen LogP contribution in [0, 0.1) is 10.1 Å². The maximum absolute atomic E-state index is 11.1. The highest BCUT2D eigenvalue weighted by molar-refractivity contribution is 7.99. The zero-order valence-corrected chi connectivity index (χ0v) is 13.9. The number of non-ortho nitro benzene ring substituents is 1. The molecule has 23 heavy (non-hydrogen) atoms. The largest absolute Gasteiger partial charge is 0.294 e. The fourth-order valence-corrected chi connectivity index (χ4v) is 3.18. The summed E-state index contributed by atoms with van der Waals surface area (Å²) in [7, 11) is 0. The summed E-state index contributed by atoms with van der Waals surface area (Å²) in [6, 6.07) is 6.62. The quantitative estimate of drug-likeness (QED) is 0.632. The average molecular weight is 331 g/mol. The Balaban J connectivity index is 2.16. The van der Waals surface area contributed by atoms with E-state index in [4.69, 9.17) is 0 Å². The molecule has 1 aliphatic rings. The third-order valence-electron chi connectivity index (χ3n) is 3.70. The number of anilines is 2. The van der Waals surface area contributed by atoms with Crippen LogP contribution in [0.3, 0.4) is 0 Å². The van der Waals surface area contributed by atoms with Crippen LogP contribution in [0.25, 0.3) is 0 Å². The molecule has 1 atom stereocenters. The Hall–Kier alpha value is -2.35. The summed E-state index contributed by atoms with van der Waals surface area (Å²) in [5, 5.41) is 15.5. The van der Waals surface area contributed by atoms with E-state index >= 15 is 0 Å². The van der Waals surface area contributed by atoms with Crippen molar-refractivity contribution in [2.24, 2.45) is 4.99 Å². The number of nitrogens with zero attached hydrogens (tertiary/aromatic N) is 5. The summed E-state index contributed by atoms with van der Waals surface area (Å²) in [5.74, 6) is 1.20. The van der Waals surface area contributed by atoms with Gasteiger partial charge in [-0.3, -0.25) is 15.0 Å². The fraction of sp³-hybridized carbons (Fsp3) is 0.333. The van der Waals surface area contributed by atoms with Crippen molar-refractivity contribution in [3.8, 4) is 0 Å². The Bertz CT molecular complexity index is 771. The molecule has 0 aliphatic carbocycles. The lowest BCUT2D eigenvalue weighted by Crippen LogP contribution is -2.33. The predicted molar refractivity (Wildman–Crippen MR) is 92.7 cm³/mol. The van der Waals surface area contributed by atoms with Gasteiger partial charge in [-0.1, -0.05) is 19.9 Å². The van der Waals surface area contributed by atoms with E-state index in [0.717, 1.165) is 17.1 Å². The van der Waals surface area contributed by atoms with Gasteiger partial charge in [-0.25, -0.2) is 9.67 Å². The summed E-state index contributed by atoms with van der Waals surface area (Å²) >= 11 is 1.57. The number of aromatic nitrogens is 2. The van der Waals surface area contributed by atoms with E-state index < -0.39 is 0 Å². The molecule has 0 saturated heterocycles. The minimum absolute atomic E-state index is 0.0640. The molecule has 8 heteroatoms. The Morgan fingerprint density at radius 1 is 1.39 bits per heavy atom. The summed E-state index contributed by atoms with van der Waals surface area (Å²) in [5.41, 5.74) is 1.70. The molecular weight excluding hydrogens is 314 g/mol. The van der Waals surface area contributed by atoms with Gasteiger partial charge in [0.25, 0.3) is 5.69 Å². The molecule has 2 aromatic rings. The van der Waals surface area contributed by atoms with Gasteiger partial charge >= 0.3 is 0 Å². The molecule has 1 aromatic carbocycles. The number of aliphatic imine (C=N–C) groups is 1. The third kappa shape index (κ3) is 2.70. The molecular formula is C15H17N5O2S. The molecule has 1 unspecified atom stereocenters. The first-order valence-corrected chi connectivity index (χ1v) is 8.49. The molecule has 0 radical (unpaired) electrons. The molecule has 3 rings (SSSR count). The molecule has 0 fully saturated rings. The number of benzene rings is 1. The molecule has 2 heterocycles. The minimum atomic E-state index is -0.383. The van der Waals surface area contributed by atoms with Crippen LogP contribution in [0.15, 0.2) is 35.5 Å². The lowest BCUT2D eigenvalue weighted by atomic mass is 10.1. The van der Waals surface area contributed by atoms with Crippen molar-refractivity contribution >= 4 is 35.3 Å². The Morgan fingerprint density at radius 3 is 2.83 bits per heavy atom. The van der Waals surface area contributed by atoms with Crippen molar-refractivity contribution in [2.75, 3.05) is 11.2 Å². The van der Waals surface area contributed by atoms with Crippen LogP contribution >= 0.6 is 11.8 Å². The van der Waals surface area contributed by atoms with E-state index in [-0.39, 0.29) is 22.0 Å². The average Bonchev–Trinajstić information content (AvgIpc) is 2.98. The van der Waals surface area contributed by atoms with Gasteiger partial charge in [-0.05, 0) is 18.2 Å². The topological polar surface area (TPSA) is 76.6 Å². The van der Waals surface area contributed by atoms with Crippen molar-refractivity contribution < 1.29 is 4.92 Å². The van der Waals surface area contributed by atoms with Gasteiger partial charge in [0.15, 0.2) is 5.50 Å². The van der Waals surface area contributed by atoms with Crippen LogP contribution in [0.5, 0.6) is 0 Å². The number of rotatable bonds is 4. The van der Waals surface area contributed by atoms with Gasteiger partial charge in [0.05, 0.1) is 16.8 Å². The van der Waals surface area contributed by atoms with Crippen molar-refractivity contribution in [2.45, 2.75) is 25.3 Å². The van der Waals surface area contributed by atoms with E-state index in [9.17, 15) is 10.1 Å². The zero-order valence-electron chi connectivity index (χ0n) is 13.1. The van der Waals surface area contributed by atoms with Crippen LogP contribution in [0.4, 0.5) is 17.2 Å². The van der Waals surface area contributed by atoms with Gasteiger partial charge in [-0.15, -0.1) is 11.8 Å². The van der Waals surface area contributed by atoms with E-state index in [1.165, 1.54) is 6.07 Å². The highest BCUT2D eigenvalue weighted by Gasteiger charge is 2.30. The molecule has 0 bridgehead atoms. The number of nitro groups is 1. The molecule has 0 amide bonds. The molecule has 0 saturated carbocycles. The minimum Gasteiger partial charge on any atom is -0.294 e. The Labute approximate surface area is 138 Å². The zero-order chi connectivity index (χ0) is 16.6. The highest BCUT2D eigenvalue weighted by atomic mass is 32.2. The highest BCUT2D eigenvalue weighted by Crippen LogP contribution is 2.39. The lowest BCUT2D eigenvalue weighted by Gasteiger charge is -2.33. The van der Waals surface area contributed by atoms with E-state index in [1.807, 2.05) is 23.4 Å². The van der Waals surface area contributed by atoms with Crippen LogP contribution in [-0.4, -0.2) is 32.8 Å². The van der Waals surface area contributed by atoms with Crippen molar-refractivity contribution in [3.05, 3.63) is 46.1 Å². The first-order valence-electron chi connectivity index (χ1n) is 7.20. The smallest absolute Gasteiger partial charge is 0.271 e. The summed E-state index contributed by atoms with van der Waals surface area (Å²) in [4.78, 5) is 17.2. The fourth-order valence-electron chi connectivity index (χ4n) is 2.57. The number of thioether (sulfide) groups is 1. The van der Waals surface area contributed by atoms with Gasteiger partial charge in [0.1, 0.15) is 12.2 Å². The second-order valence-electron chi connectivity index (χ2n) is 5.50. The van der Waals surface area contributed by atoms with Gasteiger partial charge in [0.2, 0.25) is 0 Å². The van der Waals surface area contributed by atoms with Crippen LogP contribution < -0.4 is 4.90 Å². The van der Waals surface area contributed by atoms with E-state index in [2.05, 4.69) is 23.9 Å². The van der Waals surface area contributed by atoms with E-state index in [0.29, 0.717) is 0 Å². The maximum Gasteiger partial charge on any atom is 0.271 e.